The third-order valence-electron chi connectivity index (χ3n) is 5.67. The van der Waals surface area contributed by atoms with Crippen LogP contribution in [0.25, 0.3) is 22.0 Å². The highest BCUT2D eigenvalue weighted by Crippen LogP contribution is 2.39. The molecule has 0 aliphatic rings. The molecular formula is C26H17F3N4O4S. The summed E-state index contributed by atoms with van der Waals surface area (Å²) in [5.74, 6) is -3.17. The van der Waals surface area contributed by atoms with Gasteiger partial charge in [-0.3, -0.25) is 4.79 Å². The summed E-state index contributed by atoms with van der Waals surface area (Å²) in [6.07, 6.45) is 1.64. The zero-order chi connectivity index (χ0) is 27.0. The number of H-pyrrole nitrogens is 1. The summed E-state index contributed by atoms with van der Waals surface area (Å²) >= 11 is 0. The van der Waals surface area contributed by atoms with E-state index in [1.165, 1.54) is 61.7 Å². The Morgan fingerprint density at radius 2 is 1.55 bits per heavy atom. The number of aromatic nitrogens is 3. The standard InChI is InChI=1S/C26H17F3N4O4S/c1-37-24-12-16(15-2-6-20(28)21(29)11-15)3-8-23(24)33(26-30-13-18(27)14-31-26)38(35,36)19-5-7-22-17(10-19)4-9-25(34)32-22/h2-14H,1H3,(H,32,34). The Kier molecular flexibility index (Phi) is 6.33. The van der Waals surface area contributed by atoms with E-state index in [4.69, 9.17) is 4.74 Å². The molecule has 0 amide bonds. The van der Waals surface area contributed by atoms with Crippen LogP contribution in [0, 0.1) is 17.5 Å². The van der Waals surface area contributed by atoms with E-state index in [0.717, 1.165) is 28.8 Å². The van der Waals surface area contributed by atoms with E-state index in [0.29, 0.717) is 22.0 Å². The number of benzene rings is 3. The molecule has 5 aromatic rings. The number of rotatable bonds is 6. The smallest absolute Gasteiger partial charge is 0.271 e. The van der Waals surface area contributed by atoms with Gasteiger partial charge in [0.15, 0.2) is 17.5 Å². The molecule has 8 nitrogen and oxygen atoms in total. The zero-order valence-corrected chi connectivity index (χ0v) is 20.3. The molecule has 0 saturated carbocycles. The third kappa shape index (κ3) is 4.57. The second kappa shape index (κ2) is 9.63. The van der Waals surface area contributed by atoms with Crippen LogP contribution in [0.3, 0.4) is 0 Å². The lowest BCUT2D eigenvalue weighted by Gasteiger charge is -2.24. The van der Waals surface area contributed by atoms with Crippen LogP contribution in [-0.2, 0) is 10.0 Å². The number of ether oxygens (including phenoxy) is 1. The predicted molar refractivity (Wildman–Crippen MR) is 134 cm³/mol. The summed E-state index contributed by atoms with van der Waals surface area (Å²) in [6, 6.07) is 14.5. The number of pyridine rings is 1. The predicted octanol–water partition coefficient (Wildman–Crippen LogP) is 4.94. The van der Waals surface area contributed by atoms with E-state index in [2.05, 4.69) is 15.0 Å². The largest absolute Gasteiger partial charge is 0.495 e. The van der Waals surface area contributed by atoms with E-state index in [9.17, 15) is 26.4 Å². The minimum atomic E-state index is -4.44. The normalized spacial score (nSPS) is 11.5. The summed E-state index contributed by atoms with van der Waals surface area (Å²) in [6.45, 7) is 0. The Morgan fingerprint density at radius 1 is 0.842 bits per heavy atom. The van der Waals surface area contributed by atoms with Gasteiger partial charge < -0.3 is 9.72 Å². The molecule has 0 spiro atoms. The van der Waals surface area contributed by atoms with Crippen molar-refractivity contribution in [2.45, 2.75) is 4.90 Å². The molecule has 0 radical (unpaired) electrons. The van der Waals surface area contributed by atoms with Crippen LogP contribution in [0.1, 0.15) is 0 Å². The molecule has 0 bridgehead atoms. The van der Waals surface area contributed by atoms with E-state index in [1.807, 2.05) is 0 Å². The van der Waals surface area contributed by atoms with Crippen LogP contribution < -0.4 is 14.6 Å². The van der Waals surface area contributed by atoms with Crippen molar-refractivity contribution in [1.29, 1.82) is 0 Å². The van der Waals surface area contributed by atoms with Crippen LogP contribution in [0.4, 0.5) is 24.8 Å². The van der Waals surface area contributed by atoms with Gasteiger partial charge >= 0.3 is 0 Å². The highest BCUT2D eigenvalue weighted by molar-refractivity contribution is 7.93. The second-order valence-corrected chi connectivity index (χ2v) is 9.84. The third-order valence-corrected chi connectivity index (χ3v) is 7.36. The Labute approximate surface area is 214 Å². The van der Waals surface area contributed by atoms with Crippen LogP contribution in [-0.4, -0.2) is 30.5 Å². The van der Waals surface area contributed by atoms with Gasteiger partial charge in [-0.2, -0.15) is 4.31 Å². The molecule has 0 aliphatic heterocycles. The van der Waals surface area contributed by atoms with Gasteiger partial charge in [-0.05, 0) is 65.0 Å². The minimum absolute atomic E-state index is 0.0213. The quantitative estimate of drug-likeness (QED) is 0.329. The van der Waals surface area contributed by atoms with Gasteiger partial charge in [-0.25, -0.2) is 31.6 Å². The molecular weight excluding hydrogens is 521 g/mol. The average molecular weight is 539 g/mol. The van der Waals surface area contributed by atoms with Gasteiger partial charge in [0.1, 0.15) is 11.4 Å². The molecule has 12 heteroatoms. The zero-order valence-electron chi connectivity index (χ0n) is 19.5. The van der Waals surface area contributed by atoms with Crippen molar-refractivity contribution in [3.63, 3.8) is 0 Å². The van der Waals surface area contributed by atoms with Gasteiger partial charge in [0.25, 0.3) is 10.0 Å². The molecule has 5 rings (SSSR count). The molecule has 2 aromatic heterocycles. The van der Waals surface area contributed by atoms with Gasteiger partial charge in [0.05, 0.1) is 24.4 Å². The van der Waals surface area contributed by atoms with E-state index < -0.39 is 27.5 Å². The number of hydrogen-bond donors (Lipinski definition) is 1. The molecule has 0 saturated heterocycles. The maximum Gasteiger partial charge on any atom is 0.271 e. The number of fused-ring (bicyclic) bond motifs is 1. The van der Waals surface area contributed by atoms with Gasteiger partial charge in [0, 0.05) is 11.6 Å². The molecule has 192 valence electrons. The maximum absolute atomic E-state index is 14.0. The highest BCUT2D eigenvalue weighted by Gasteiger charge is 2.32. The first-order valence-electron chi connectivity index (χ1n) is 11.0. The van der Waals surface area contributed by atoms with Gasteiger partial charge in [0.2, 0.25) is 11.5 Å². The van der Waals surface area contributed by atoms with Crippen molar-refractivity contribution in [1.82, 2.24) is 15.0 Å². The fourth-order valence-electron chi connectivity index (χ4n) is 3.85. The Hall–Kier alpha value is -4.71. The number of aromatic amines is 1. The number of nitrogens with zero attached hydrogens (tertiary/aromatic N) is 3. The summed E-state index contributed by atoms with van der Waals surface area (Å²) in [5.41, 5.74) is 0.794. The van der Waals surface area contributed by atoms with Crippen LogP contribution in [0.2, 0.25) is 0 Å². The topological polar surface area (TPSA) is 105 Å². The molecule has 1 N–H and O–H groups in total. The van der Waals surface area contributed by atoms with Crippen molar-refractivity contribution in [2.24, 2.45) is 0 Å². The Balaban J connectivity index is 1.69. The molecule has 0 aliphatic carbocycles. The molecule has 0 fully saturated rings. The number of methoxy groups -OCH3 is 1. The number of nitrogens with one attached hydrogen (secondary N) is 1. The molecule has 0 atom stereocenters. The first kappa shape index (κ1) is 25.0. The minimum Gasteiger partial charge on any atom is -0.495 e. The molecule has 3 aromatic carbocycles. The lowest BCUT2D eigenvalue weighted by molar-refractivity contribution is 0.416. The van der Waals surface area contributed by atoms with Crippen molar-refractivity contribution in [3.05, 3.63) is 107 Å². The summed E-state index contributed by atoms with van der Waals surface area (Å²) in [7, 11) is -3.14. The molecule has 38 heavy (non-hydrogen) atoms. The molecule has 2 heterocycles. The van der Waals surface area contributed by atoms with Crippen LogP contribution >= 0.6 is 0 Å². The molecule has 0 unspecified atom stereocenters. The van der Waals surface area contributed by atoms with Gasteiger partial charge in [-0.15, -0.1) is 0 Å². The summed E-state index contributed by atoms with van der Waals surface area (Å²) in [5, 5.41) is 0.450. The van der Waals surface area contributed by atoms with E-state index in [-0.39, 0.29) is 27.8 Å². The first-order chi connectivity index (χ1) is 18.2. The van der Waals surface area contributed by atoms with Crippen LogP contribution in [0.5, 0.6) is 5.75 Å². The van der Waals surface area contributed by atoms with Crippen molar-refractivity contribution in [2.75, 3.05) is 11.4 Å². The Morgan fingerprint density at radius 3 is 2.26 bits per heavy atom. The van der Waals surface area contributed by atoms with Crippen molar-refractivity contribution >= 4 is 32.6 Å². The SMILES string of the molecule is COc1cc(-c2ccc(F)c(F)c2)ccc1N(c1ncc(F)cn1)S(=O)(=O)c1ccc2[nH]c(=O)ccc2c1. The Bertz CT molecular complexity index is 1840. The highest BCUT2D eigenvalue weighted by atomic mass is 32.2. The van der Waals surface area contributed by atoms with Crippen molar-refractivity contribution < 1.29 is 26.3 Å². The lowest BCUT2D eigenvalue weighted by Crippen LogP contribution is -2.28. The lowest BCUT2D eigenvalue weighted by atomic mass is 10.0. The van der Waals surface area contributed by atoms with E-state index >= 15 is 0 Å². The first-order valence-corrected chi connectivity index (χ1v) is 12.4. The number of hydrogen-bond acceptors (Lipinski definition) is 6. The number of anilines is 2. The van der Waals surface area contributed by atoms with E-state index in [1.54, 1.807) is 0 Å². The van der Waals surface area contributed by atoms with Crippen LogP contribution in [0.15, 0.2) is 88.8 Å². The van der Waals surface area contributed by atoms with Crippen molar-refractivity contribution in [3.8, 4) is 16.9 Å². The average Bonchev–Trinajstić information content (AvgIpc) is 2.91. The monoisotopic (exact) mass is 538 g/mol. The summed E-state index contributed by atoms with van der Waals surface area (Å²) < 4.78 is 75.1. The maximum atomic E-state index is 14.0. The number of sulfonamides is 1. The summed E-state index contributed by atoms with van der Waals surface area (Å²) in [4.78, 5) is 21.8. The fourth-order valence-corrected chi connectivity index (χ4v) is 5.30. The fraction of sp³-hybridized carbons (Fsp3) is 0.0385. The second-order valence-electron chi connectivity index (χ2n) is 8.06. The number of halogens is 3. The van der Waals surface area contributed by atoms with Gasteiger partial charge in [-0.1, -0.05) is 12.1 Å².